The molecule has 2 heterocycles. The van der Waals surface area contributed by atoms with Gasteiger partial charge in [-0.3, -0.25) is 9.69 Å². The summed E-state index contributed by atoms with van der Waals surface area (Å²) in [6.07, 6.45) is 2.42. The van der Waals surface area contributed by atoms with Crippen molar-refractivity contribution >= 4 is 11.9 Å². The fraction of sp³-hybridized carbons (Fsp3) is 0.310. The minimum absolute atomic E-state index is 0.159. The normalized spacial score (nSPS) is 22.4. The molecule has 0 bridgehead atoms. The van der Waals surface area contributed by atoms with E-state index in [1.165, 1.54) is 10.5 Å². The van der Waals surface area contributed by atoms with Crippen molar-refractivity contribution in [1.29, 1.82) is 0 Å². The molecule has 0 saturated carbocycles. The smallest absolute Gasteiger partial charge is 0.326 e. The van der Waals surface area contributed by atoms with Crippen LogP contribution in [0.2, 0.25) is 0 Å². The van der Waals surface area contributed by atoms with E-state index >= 15 is 0 Å². The monoisotopic (exact) mass is 469 g/mol. The topological polar surface area (TPSA) is 61.9 Å². The summed E-state index contributed by atoms with van der Waals surface area (Å²) in [6, 6.07) is 27.4. The summed E-state index contributed by atoms with van der Waals surface area (Å²) in [5.41, 5.74) is 1.86. The zero-order valence-corrected chi connectivity index (χ0v) is 20.0. The van der Waals surface area contributed by atoms with Gasteiger partial charge in [-0.05, 0) is 48.6 Å². The summed E-state index contributed by atoms with van der Waals surface area (Å²) in [7, 11) is 0. The van der Waals surface area contributed by atoms with E-state index in [9.17, 15) is 9.59 Å². The van der Waals surface area contributed by atoms with E-state index in [4.69, 9.17) is 4.74 Å². The molecule has 1 N–H and O–H groups in total. The number of nitrogens with one attached hydrogen (secondary N) is 1. The molecule has 2 aliphatic rings. The Hall–Kier alpha value is -3.64. The fourth-order valence-corrected chi connectivity index (χ4v) is 5.30. The molecule has 6 nitrogen and oxygen atoms in total. The Labute approximate surface area is 206 Å². The van der Waals surface area contributed by atoms with Gasteiger partial charge in [0.2, 0.25) is 0 Å². The number of urea groups is 1. The molecule has 0 unspecified atom stereocenters. The summed E-state index contributed by atoms with van der Waals surface area (Å²) < 4.78 is 5.58. The number of imide groups is 1. The predicted molar refractivity (Wildman–Crippen MR) is 135 cm³/mol. The Morgan fingerprint density at radius 3 is 2.31 bits per heavy atom. The second-order valence-corrected chi connectivity index (χ2v) is 9.21. The number of ether oxygens (including phenoxy) is 1. The van der Waals surface area contributed by atoms with E-state index in [0.717, 1.165) is 36.3 Å². The number of carbonyl (C=O) groups excluding carboxylic acids is 2. The zero-order valence-electron chi connectivity index (χ0n) is 20.0. The van der Waals surface area contributed by atoms with Crippen LogP contribution < -0.4 is 10.1 Å². The molecule has 2 fully saturated rings. The average Bonchev–Trinajstić information content (AvgIpc) is 3.45. The van der Waals surface area contributed by atoms with Crippen molar-refractivity contribution in [3.63, 3.8) is 0 Å². The molecule has 2 atom stereocenters. The second kappa shape index (κ2) is 9.92. The van der Waals surface area contributed by atoms with Crippen LogP contribution in [0.25, 0.3) is 0 Å². The van der Waals surface area contributed by atoms with Crippen LogP contribution in [0.3, 0.4) is 0 Å². The number of hydrogen-bond acceptors (Lipinski definition) is 4. The van der Waals surface area contributed by atoms with Gasteiger partial charge in [-0.25, -0.2) is 9.69 Å². The van der Waals surface area contributed by atoms with Gasteiger partial charge in [0.15, 0.2) is 5.54 Å². The summed E-state index contributed by atoms with van der Waals surface area (Å²) in [6.45, 7) is 3.71. The number of carbonyl (C=O) groups is 2. The van der Waals surface area contributed by atoms with Gasteiger partial charge in [0, 0.05) is 19.0 Å². The first kappa shape index (κ1) is 23.1. The van der Waals surface area contributed by atoms with Gasteiger partial charge >= 0.3 is 6.03 Å². The summed E-state index contributed by atoms with van der Waals surface area (Å²) >= 11 is 0. The fourth-order valence-electron chi connectivity index (χ4n) is 5.30. The highest BCUT2D eigenvalue weighted by atomic mass is 16.5. The van der Waals surface area contributed by atoms with Crippen molar-refractivity contribution in [1.82, 2.24) is 15.1 Å². The van der Waals surface area contributed by atoms with Gasteiger partial charge in [0.25, 0.3) is 5.91 Å². The Morgan fingerprint density at radius 1 is 0.943 bits per heavy atom. The number of benzene rings is 3. The van der Waals surface area contributed by atoms with Crippen LogP contribution in [0.1, 0.15) is 42.5 Å². The molecule has 3 aromatic rings. The maximum absolute atomic E-state index is 14.0. The van der Waals surface area contributed by atoms with E-state index in [2.05, 4.69) is 22.3 Å². The molecular formula is C29H31N3O3. The standard InChI is InChI=1S/C29H31N3O3/c1-2-35-25-17-15-23(16-18-25)26-14-9-19-31(26)21-32-27(33)29(30-28(32)34,24-12-7-4-8-13-24)20-22-10-5-3-6-11-22/h3-8,10-13,15-18,26H,2,9,14,19-21H2,1H3,(H,30,34)/t26-,29+/m0/s1. The number of rotatable bonds is 8. The molecule has 3 aromatic carbocycles. The van der Waals surface area contributed by atoms with Gasteiger partial charge in [0.1, 0.15) is 5.75 Å². The molecule has 0 radical (unpaired) electrons. The second-order valence-electron chi connectivity index (χ2n) is 9.21. The predicted octanol–water partition coefficient (Wildman–Crippen LogP) is 4.87. The minimum atomic E-state index is -1.12. The number of nitrogens with zero attached hydrogens (tertiary/aromatic N) is 2. The van der Waals surface area contributed by atoms with E-state index in [1.807, 2.05) is 79.7 Å². The summed E-state index contributed by atoms with van der Waals surface area (Å²) in [5.74, 6) is 0.651. The molecule has 0 aromatic heterocycles. The van der Waals surface area contributed by atoms with Gasteiger partial charge in [-0.1, -0.05) is 72.8 Å². The third kappa shape index (κ3) is 4.54. The lowest BCUT2D eigenvalue weighted by Gasteiger charge is -2.30. The van der Waals surface area contributed by atoms with Crippen LogP contribution in [0, 0.1) is 0 Å². The van der Waals surface area contributed by atoms with Gasteiger partial charge in [0.05, 0.1) is 13.3 Å². The molecule has 6 heteroatoms. The van der Waals surface area contributed by atoms with Crippen LogP contribution in [-0.2, 0) is 16.8 Å². The van der Waals surface area contributed by atoms with Crippen molar-refractivity contribution in [3.05, 3.63) is 102 Å². The molecular weight excluding hydrogens is 438 g/mol. The highest BCUT2D eigenvalue weighted by molar-refractivity contribution is 6.07. The first-order chi connectivity index (χ1) is 17.1. The molecule has 3 amide bonds. The van der Waals surface area contributed by atoms with Crippen LogP contribution in [-0.4, -0.2) is 41.6 Å². The SMILES string of the molecule is CCOc1ccc([C@@H]2CCCN2CN2C(=O)N[C@](Cc3ccccc3)(c3ccccc3)C2=O)cc1. The molecule has 180 valence electrons. The summed E-state index contributed by atoms with van der Waals surface area (Å²) in [4.78, 5) is 30.9. The quantitative estimate of drug-likeness (QED) is 0.478. The van der Waals surface area contributed by atoms with Crippen molar-refractivity contribution < 1.29 is 14.3 Å². The van der Waals surface area contributed by atoms with Gasteiger partial charge < -0.3 is 10.1 Å². The Bertz CT molecular complexity index is 1170. The van der Waals surface area contributed by atoms with Crippen molar-refractivity contribution in [3.8, 4) is 5.75 Å². The highest BCUT2D eigenvalue weighted by Gasteiger charge is 2.53. The molecule has 0 aliphatic carbocycles. The van der Waals surface area contributed by atoms with E-state index in [0.29, 0.717) is 13.0 Å². The van der Waals surface area contributed by atoms with Crippen LogP contribution in [0.5, 0.6) is 5.75 Å². The zero-order chi connectivity index (χ0) is 24.3. The first-order valence-corrected chi connectivity index (χ1v) is 12.3. The number of hydrogen-bond donors (Lipinski definition) is 1. The Morgan fingerprint density at radius 2 is 1.63 bits per heavy atom. The molecule has 5 rings (SSSR count). The van der Waals surface area contributed by atoms with E-state index in [-0.39, 0.29) is 24.6 Å². The van der Waals surface area contributed by atoms with Gasteiger partial charge in [-0.15, -0.1) is 0 Å². The maximum Gasteiger partial charge on any atom is 0.326 e. The van der Waals surface area contributed by atoms with Crippen LogP contribution in [0.4, 0.5) is 4.79 Å². The number of amides is 3. The number of likely N-dealkylation sites (tertiary alicyclic amines) is 1. The third-order valence-electron chi connectivity index (χ3n) is 7.02. The Kier molecular flexibility index (Phi) is 6.55. The molecule has 2 aliphatic heterocycles. The van der Waals surface area contributed by atoms with Crippen LogP contribution >= 0.6 is 0 Å². The maximum atomic E-state index is 14.0. The lowest BCUT2D eigenvalue weighted by Crippen LogP contribution is -2.47. The summed E-state index contributed by atoms with van der Waals surface area (Å²) in [5, 5.41) is 3.08. The van der Waals surface area contributed by atoms with Gasteiger partial charge in [-0.2, -0.15) is 0 Å². The highest BCUT2D eigenvalue weighted by Crippen LogP contribution is 2.36. The lowest BCUT2D eigenvalue weighted by atomic mass is 9.83. The van der Waals surface area contributed by atoms with E-state index in [1.54, 1.807) is 0 Å². The first-order valence-electron chi connectivity index (χ1n) is 12.3. The molecule has 35 heavy (non-hydrogen) atoms. The average molecular weight is 470 g/mol. The third-order valence-corrected chi connectivity index (χ3v) is 7.02. The van der Waals surface area contributed by atoms with Crippen LogP contribution in [0.15, 0.2) is 84.9 Å². The van der Waals surface area contributed by atoms with Crippen molar-refractivity contribution in [2.75, 3.05) is 19.8 Å². The largest absolute Gasteiger partial charge is 0.494 e. The van der Waals surface area contributed by atoms with E-state index < -0.39 is 5.54 Å². The van der Waals surface area contributed by atoms with Crippen molar-refractivity contribution in [2.45, 2.75) is 37.8 Å². The minimum Gasteiger partial charge on any atom is -0.494 e. The molecule has 2 saturated heterocycles. The lowest BCUT2D eigenvalue weighted by molar-refractivity contribution is -0.133. The molecule has 0 spiro atoms. The van der Waals surface area contributed by atoms with Crippen molar-refractivity contribution in [2.24, 2.45) is 0 Å². The Balaban J connectivity index is 1.40.